The third-order valence-corrected chi connectivity index (χ3v) is 6.37. The highest BCUT2D eigenvalue weighted by Crippen LogP contribution is 2.28. The maximum atomic E-state index is 11.7. The van der Waals surface area contributed by atoms with Gasteiger partial charge in [-0.25, -0.2) is 0 Å². The first-order valence-corrected chi connectivity index (χ1v) is 11.0. The van der Waals surface area contributed by atoms with Gasteiger partial charge in [-0.15, -0.1) is 0 Å². The normalized spacial score (nSPS) is 22.6. The number of fused-ring (bicyclic) bond motifs is 1. The highest BCUT2D eigenvalue weighted by molar-refractivity contribution is 6.82. The van der Waals surface area contributed by atoms with Crippen LogP contribution in [0.15, 0.2) is 12.1 Å². The molecule has 0 N–H and O–H groups in total. The Morgan fingerprint density at radius 2 is 1.76 bits per heavy atom. The van der Waals surface area contributed by atoms with E-state index >= 15 is 0 Å². The Morgan fingerprint density at radius 1 is 1.07 bits per heavy atom. The Labute approximate surface area is 176 Å². The van der Waals surface area contributed by atoms with Crippen LogP contribution in [0.25, 0.3) is 11.0 Å². The predicted octanol–water partition coefficient (Wildman–Crippen LogP) is 0.571. The van der Waals surface area contributed by atoms with Gasteiger partial charge in [0.15, 0.2) is 10.5 Å². The second-order valence-corrected chi connectivity index (χ2v) is 8.71. The van der Waals surface area contributed by atoms with Crippen molar-refractivity contribution in [2.45, 2.75) is 25.9 Å². The first-order valence-electron chi connectivity index (χ1n) is 9.87. The molecule has 2 aromatic heterocycles. The molecule has 0 aliphatic carbocycles. The van der Waals surface area contributed by atoms with E-state index in [4.69, 9.17) is 29.2 Å². The van der Waals surface area contributed by atoms with Crippen molar-refractivity contribution in [3.05, 3.63) is 12.1 Å². The number of hydrogen-bond donors (Lipinski definition) is 0. The van der Waals surface area contributed by atoms with Gasteiger partial charge in [0.05, 0.1) is 51.0 Å². The minimum absolute atomic E-state index is 0.181. The van der Waals surface area contributed by atoms with Gasteiger partial charge in [0.25, 0.3) is 0 Å². The molecule has 29 heavy (non-hydrogen) atoms. The summed E-state index contributed by atoms with van der Waals surface area (Å²) >= 11 is -0.714. The molecule has 0 unspecified atom stereocenters. The zero-order valence-corrected chi connectivity index (χ0v) is 18.2. The lowest BCUT2D eigenvalue weighted by Gasteiger charge is -2.37. The Kier molecular flexibility index (Phi) is 6.16. The average Bonchev–Trinajstić information content (AvgIpc) is 2.73. The van der Waals surface area contributed by atoms with Gasteiger partial charge in [-0.3, -0.25) is 9.78 Å². The molecule has 9 nitrogen and oxygen atoms in total. The van der Waals surface area contributed by atoms with Crippen molar-refractivity contribution < 1.29 is 19.0 Å². The molecule has 10 heteroatoms. The number of anilines is 2. The van der Waals surface area contributed by atoms with Crippen molar-refractivity contribution in [3.63, 3.8) is 0 Å². The predicted molar refractivity (Wildman–Crippen MR) is 110 cm³/mol. The molecule has 0 aromatic carbocycles. The summed E-state index contributed by atoms with van der Waals surface area (Å²) in [6.45, 7) is 8.35. The number of aromatic nitrogens is 3. The smallest absolute Gasteiger partial charge is 0.461 e. The molecule has 2 aliphatic rings. The summed E-state index contributed by atoms with van der Waals surface area (Å²) in [7, 11) is 1.40. The number of rotatable bonds is 4. The molecule has 4 heterocycles. The van der Waals surface area contributed by atoms with Crippen LogP contribution < -0.4 is 14.4 Å². The van der Waals surface area contributed by atoms with Crippen LogP contribution in [0.3, 0.4) is 0 Å². The van der Waals surface area contributed by atoms with Crippen molar-refractivity contribution in [2.24, 2.45) is 0 Å². The maximum absolute atomic E-state index is 11.7. The first kappa shape index (κ1) is 20.3. The first-order chi connectivity index (χ1) is 14.1. The van der Waals surface area contributed by atoms with Crippen LogP contribution in [-0.2, 0) is 14.2 Å². The molecule has 0 spiro atoms. The highest BCUT2D eigenvalue weighted by Gasteiger charge is 2.27. The molecule has 2 fully saturated rings. The third-order valence-electron chi connectivity index (χ3n) is 5.28. The van der Waals surface area contributed by atoms with E-state index in [-0.39, 0.29) is 16.9 Å². The molecule has 1 radical (unpaired) electrons. The number of morpholine rings is 2. The summed E-state index contributed by atoms with van der Waals surface area (Å²) in [5.41, 5.74) is 0.608. The summed E-state index contributed by atoms with van der Waals surface area (Å²) in [5.74, 6) is 1.52. The van der Waals surface area contributed by atoms with Gasteiger partial charge < -0.3 is 24.0 Å². The van der Waals surface area contributed by atoms with Gasteiger partial charge in [0, 0.05) is 13.1 Å². The lowest BCUT2D eigenvalue weighted by molar-refractivity contribution is 0.0973. The van der Waals surface area contributed by atoms with Gasteiger partial charge in [0.1, 0.15) is 5.82 Å². The van der Waals surface area contributed by atoms with Crippen LogP contribution in [0.2, 0.25) is 0 Å². The Hall–Kier alpha value is -1.99. The molecule has 0 saturated carbocycles. The van der Waals surface area contributed by atoms with Crippen LogP contribution in [-0.4, -0.2) is 93.7 Å². The number of carbonyl (C=O) groups is 1. The summed E-state index contributed by atoms with van der Waals surface area (Å²) in [4.78, 5) is 30.3. The van der Waals surface area contributed by atoms with Crippen LogP contribution in [0.5, 0.6) is 0 Å². The van der Waals surface area contributed by atoms with E-state index in [9.17, 15) is 4.79 Å². The molecule has 4 rings (SSSR count). The van der Waals surface area contributed by atoms with Gasteiger partial charge in [0.2, 0.25) is 5.95 Å². The quantitative estimate of drug-likeness (QED) is 0.666. The molecular weight excluding hydrogens is 389 g/mol. The van der Waals surface area contributed by atoms with Crippen LogP contribution in [0, 0.1) is 0 Å². The Morgan fingerprint density at radius 3 is 2.41 bits per heavy atom. The molecule has 0 amide bonds. The van der Waals surface area contributed by atoms with Crippen LogP contribution in [0.4, 0.5) is 16.6 Å². The number of carbonyl (C=O) groups excluding carboxylic acids is 1. The van der Waals surface area contributed by atoms with E-state index < -0.39 is 15.2 Å². The molecule has 2 aliphatic heterocycles. The monoisotopic (exact) mass is 414 g/mol. The lowest BCUT2D eigenvalue weighted by Crippen LogP contribution is -2.46. The summed E-state index contributed by atoms with van der Waals surface area (Å²) < 4.78 is 16.7. The largest absolute Gasteiger partial charge is 0.484 e. The van der Waals surface area contributed by atoms with E-state index in [0.29, 0.717) is 42.6 Å². The molecule has 2 atom stereocenters. The van der Waals surface area contributed by atoms with Gasteiger partial charge in [-0.05, 0) is 24.5 Å². The SMILES string of the molecule is CO[C](=O)[Al][c]1ccc2c(N3CCOC[C@@H]3C)nc(N3CCOC[C@@H]3C)nc2n1. The Bertz CT molecular complexity index is 898. The number of methoxy groups -OCH3 is 1. The maximum Gasteiger partial charge on any atom is 0.461 e. The number of hydrogen-bond acceptors (Lipinski definition) is 9. The highest BCUT2D eigenvalue weighted by atomic mass is 27.1. The minimum Gasteiger partial charge on any atom is -0.484 e. The zero-order valence-electron chi connectivity index (χ0n) is 17.0. The topological polar surface area (TPSA) is 89.9 Å². The minimum atomic E-state index is -0.714. The van der Waals surface area contributed by atoms with E-state index in [1.165, 1.54) is 7.11 Å². The Balaban J connectivity index is 1.81. The molecule has 0 bridgehead atoms. The fraction of sp³-hybridized carbons (Fsp3) is 0.579. The van der Waals surface area contributed by atoms with E-state index in [0.717, 1.165) is 24.3 Å². The molecule has 2 saturated heterocycles. The van der Waals surface area contributed by atoms with Crippen molar-refractivity contribution in [1.29, 1.82) is 0 Å². The van der Waals surface area contributed by atoms with Crippen molar-refractivity contribution in [2.75, 3.05) is 56.4 Å². The van der Waals surface area contributed by atoms with E-state index in [1.807, 2.05) is 12.1 Å². The second-order valence-electron chi connectivity index (χ2n) is 7.36. The standard InChI is InChI=1S/C17H22N5O2.C2H3O2.Al/c1-12-10-23-8-6-21(12)16-14-4-3-5-18-15(14)19-17(20-16)22-7-9-24-11-13(22)2;1-4-2-3;/h3-4,12-13H,6-11H2,1-2H3;1H3;/t12-,13-;;/m0../s1. The van der Waals surface area contributed by atoms with Crippen LogP contribution in [0.1, 0.15) is 13.8 Å². The van der Waals surface area contributed by atoms with Crippen molar-refractivity contribution in [1.82, 2.24) is 15.0 Å². The van der Waals surface area contributed by atoms with E-state index in [2.05, 4.69) is 23.6 Å². The summed E-state index contributed by atoms with van der Waals surface area (Å²) in [6.07, 6.45) is 0. The van der Waals surface area contributed by atoms with Crippen molar-refractivity contribution >= 4 is 47.4 Å². The summed E-state index contributed by atoms with van der Waals surface area (Å²) in [5, 5.41) is 0.886. The number of nitrogens with zero attached hydrogens (tertiary/aromatic N) is 5. The molecule has 153 valence electrons. The molecule has 2 aromatic rings. The number of ether oxygens (including phenoxy) is 3. The third kappa shape index (κ3) is 4.31. The lowest BCUT2D eigenvalue weighted by atomic mass is 10.2. The fourth-order valence-corrected chi connectivity index (χ4v) is 4.41. The van der Waals surface area contributed by atoms with Crippen molar-refractivity contribution in [3.8, 4) is 0 Å². The van der Waals surface area contributed by atoms with Gasteiger partial charge in [-0.1, -0.05) is 6.07 Å². The van der Waals surface area contributed by atoms with Crippen LogP contribution >= 0.6 is 0 Å². The second kappa shape index (κ2) is 8.80. The van der Waals surface area contributed by atoms with Gasteiger partial charge >= 0.3 is 15.2 Å². The average molecular weight is 414 g/mol. The van der Waals surface area contributed by atoms with Gasteiger partial charge in [-0.2, -0.15) is 9.97 Å². The zero-order chi connectivity index (χ0) is 20.4. The summed E-state index contributed by atoms with van der Waals surface area (Å²) in [6, 6.07) is 4.23. The van der Waals surface area contributed by atoms with E-state index in [1.54, 1.807) is 0 Å². The fourth-order valence-electron chi connectivity index (χ4n) is 3.67. The molecular formula is C19H25AlN5O4. The number of pyridine rings is 1.